The maximum absolute atomic E-state index is 13.6. The zero-order chi connectivity index (χ0) is 30.9. The second kappa shape index (κ2) is 11.8. The van der Waals surface area contributed by atoms with Crippen molar-refractivity contribution in [1.29, 1.82) is 0 Å². The van der Waals surface area contributed by atoms with Crippen molar-refractivity contribution in [3.05, 3.63) is 119 Å². The van der Waals surface area contributed by atoms with Crippen LogP contribution in [0.4, 0.5) is 14.5 Å². The topological polar surface area (TPSA) is 141 Å². The molecule has 0 spiro atoms. The Kier molecular flexibility index (Phi) is 8.16. The average molecular weight is 610 g/mol. The number of aliphatic hydroxyl groups is 1. The number of carboxylic acid groups (broad SMARTS) is 1. The van der Waals surface area contributed by atoms with E-state index in [1.807, 2.05) is 0 Å². The molecule has 0 aliphatic carbocycles. The van der Waals surface area contributed by atoms with Crippen molar-refractivity contribution in [3.63, 3.8) is 0 Å². The van der Waals surface area contributed by atoms with E-state index in [2.05, 4.69) is 0 Å². The van der Waals surface area contributed by atoms with E-state index in [-0.39, 0.29) is 24.5 Å². The number of carboxylic acids is 1. The summed E-state index contributed by atoms with van der Waals surface area (Å²) in [7, 11) is -4.46. The van der Waals surface area contributed by atoms with E-state index in [4.69, 9.17) is 4.18 Å². The van der Waals surface area contributed by atoms with Crippen LogP contribution in [0.15, 0.2) is 95.9 Å². The quantitative estimate of drug-likeness (QED) is 0.161. The fourth-order valence-corrected chi connectivity index (χ4v) is 5.98. The zero-order valence-electron chi connectivity index (χ0n) is 22.3. The number of aromatic carboxylic acids is 1. The van der Waals surface area contributed by atoms with Gasteiger partial charge in [0.1, 0.15) is 33.6 Å². The van der Waals surface area contributed by atoms with Crippen LogP contribution in [-0.2, 0) is 14.9 Å². The van der Waals surface area contributed by atoms with Crippen LogP contribution in [0.2, 0.25) is 0 Å². The average Bonchev–Trinajstić information content (AvgIpc) is 2.97. The van der Waals surface area contributed by atoms with Gasteiger partial charge < -0.3 is 24.4 Å². The number of aromatic hydroxyl groups is 1. The van der Waals surface area contributed by atoms with Crippen molar-refractivity contribution in [2.75, 3.05) is 4.90 Å². The molecule has 0 aromatic heterocycles. The van der Waals surface area contributed by atoms with Gasteiger partial charge in [0.2, 0.25) is 5.91 Å². The number of amides is 1. The van der Waals surface area contributed by atoms with E-state index < -0.39 is 62.0 Å². The summed E-state index contributed by atoms with van der Waals surface area (Å²) >= 11 is 0. The molecule has 0 bridgehead atoms. The van der Waals surface area contributed by atoms with Gasteiger partial charge in [0.05, 0.1) is 18.1 Å². The third-order valence-electron chi connectivity index (χ3n) is 7.24. The molecule has 3 N–H and O–H groups in total. The van der Waals surface area contributed by atoms with Crippen LogP contribution in [0, 0.1) is 17.6 Å². The van der Waals surface area contributed by atoms with Crippen molar-refractivity contribution < 1.29 is 46.3 Å². The molecule has 4 aromatic rings. The summed E-state index contributed by atoms with van der Waals surface area (Å²) in [5.41, 5.74) is 0.974. The molecule has 222 valence electrons. The Morgan fingerprint density at radius 1 is 0.907 bits per heavy atom. The zero-order valence-corrected chi connectivity index (χ0v) is 23.1. The molecule has 0 saturated carbocycles. The molecule has 3 atom stereocenters. The number of aliphatic hydroxyl groups excluding tert-OH is 1. The van der Waals surface area contributed by atoms with Gasteiger partial charge in [-0.05, 0) is 90.7 Å². The summed E-state index contributed by atoms with van der Waals surface area (Å²) < 4.78 is 57.6. The molecule has 1 saturated heterocycles. The largest absolute Gasteiger partial charge is 0.507 e. The maximum atomic E-state index is 13.6. The molecular formula is C31H25F2NO8S. The van der Waals surface area contributed by atoms with Crippen molar-refractivity contribution in [2.24, 2.45) is 5.92 Å². The molecule has 43 heavy (non-hydrogen) atoms. The monoisotopic (exact) mass is 609 g/mol. The van der Waals surface area contributed by atoms with Crippen LogP contribution in [0.1, 0.15) is 46.5 Å². The highest BCUT2D eigenvalue weighted by molar-refractivity contribution is 7.87. The highest BCUT2D eigenvalue weighted by Gasteiger charge is 2.48. The molecule has 12 heteroatoms. The molecule has 5 rings (SSSR count). The Hall–Kier alpha value is -4.81. The Balaban J connectivity index is 1.37. The number of nitrogens with zero attached hydrogens (tertiary/aromatic N) is 1. The van der Waals surface area contributed by atoms with Gasteiger partial charge in [-0.1, -0.05) is 24.3 Å². The summed E-state index contributed by atoms with van der Waals surface area (Å²) in [6.07, 6.45) is -0.448. The first kappa shape index (κ1) is 29.7. The molecule has 0 radical (unpaired) electrons. The number of halogens is 2. The molecule has 1 fully saturated rings. The van der Waals surface area contributed by atoms with Gasteiger partial charge in [0.25, 0.3) is 0 Å². The molecule has 9 nitrogen and oxygen atoms in total. The van der Waals surface area contributed by atoms with Gasteiger partial charge in [-0.3, -0.25) is 4.79 Å². The van der Waals surface area contributed by atoms with Crippen LogP contribution in [0.25, 0.3) is 0 Å². The van der Waals surface area contributed by atoms with Crippen molar-refractivity contribution in [1.82, 2.24) is 0 Å². The fourth-order valence-electron chi connectivity index (χ4n) is 5.03. The summed E-state index contributed by atoms with van der Waals surface area (Å²) in [5, 5.41) is 29.5. The predicted octanol–water partition coefficient (Wildman–Crippen LogP) is 5.35. The Morgan fingerprint density at radius 2 is 1.51 bits per heavy atom. The standard InChI is InChI=1S/C31H25F2NO8S/c32-20-5-1-18(2-6-20)27(35)16-14-25-29(34(30(25)37)22-9-7-21(33)8-10-22)19-3-11-23(12-4-19)42-43(40,41)24-13-15-28(36)26(17-24)31(38)39/h1-13,15,17,25,27,29,35-36H,14,16H2,(H,38,39)/t25-,27+,29-/m1/s1. The molecule has 1 heterocycles. The number of hydrogen-bond donors (Lipinski definition) is 3. The fraction of sp³-hybridized carbons (Fsp3) is 0.161. The first-order chi connectivity index (χ1) is 20.4. The minimum absolute atomic E-state index is 0.0871. The third kappa shape index (κ3) is 6.20. The summed E-state index contributed by atoms with van der Waals surface area (Å²) in [5.74, 6) is -3.92. The van der Waals surface area contributed by atoms with Crippen molar-refractivity contribution in [2.45, 2.75) is 29.9 Å². The first-order valence-corrected chi connectivity index (χ1v) is 14.5. The van der Waals surface area contributed by atoms with E-state index in [1.54, 1.807) is 12.1 Å². The Labute approximate surface area is 245 Å². The lowest BCUT2D eigenvalue weighted by molar-refractivity contribution is -0.131. The third-order valence-corrected chi connectivity index (χ3v) is 8.48. The summed E-state index contributed by atoms with van der Waals surface area (Å²) in [6, 6.07) is 18.9. The minimum Gasteiger partial charge on any atom is -0.507 e. The van der Waals surface area contributed by atoms with Crippen LogP contribution >= 0.6 is 0 Å². The van der Waals surface area contributed by atoms with Crippen LogP contribution in [0.5, 0.6) is 11.5 Å². The predicted molar refractivity (Wildman–Crippen MR) is 150 cm³/mol. The van der Waals surface area contributed by atoms with Gasteiger partial charge in [0, 0.05) is 5.69 Å². The number of rotatable bonds is 10. The number of hydrogen-bond acceptors (Lipinski definition) is 7. The van der Waals surface area contributed by atoms with Crippen molar-refractivity contribution >= 4 is 27.7 Å². The van der Waals surface area contributed by atoms with Gasteiger partial charge in [-0.2, -0.15) is 8.42 Å². The Morgan fingerprint density at radius 3 is 2.12 bits per heavy atom. The first-order valence-electron chi connectivity index (χ1n) is 13.1. The lowest BCUT2D eigenvalue weighted by Crippen LogP contribution is -2.55. The summed E-state index contributed by atoms with van der Waals surface area (Å²) in [6.45, 7) is 0. The normalized spacial score (nSPS) is 17.3. The number of carbonyl (C=O) groups excluding carboxylic acids is 1. The molecule has 1 amide bonds. The molecule has 1 aliphatic rings. The summed E-state index contributed by atoms with van der Waals surface area (Å²) in [4.78, 5) is 25.6. The second-order valence-electron chi connectivity index (χ2n) is 9.97. The van der Waals surface area contributed by atoms with E-state index in [0.717, 1.165) is 18.2 Å². The molecule has 4 aromatic carbocycles. The lowest BCUT2D eigenvalue weighted by atomic mass is 9.78. The highest BCUT2D eigenvalue weighted by Crippen LogP contribution is 2.46. The number of benzene rings is 4. The molecule has 0 unspecified atom stereocenters. The molecule has 1 aliphatic heterocycles. The van der Waals surface area contributed by atoms with Crippen LogP contribution in [-0.4, -0.2) is 35.6 Å². The van der Waals surface area contributed by atoms with E-state index in [0.29, 0.717) is 16.8 Å². The molecular weight excluding hydrogens is 584 g/mol. The van der Waals surface area contributed by atoms with Crippen LogP contribution < -0.4 is 9.08 Å². The number of anilines is 1. The van der Waals surface area contributed by atoms with E-state index in [1.165, 1.54) is 65.6 Å². The number of β-lactam (4-membered cyclic amide) rings is 1. The van der Waals surface area contributed by atoms with Gasteiger partial charge in [-0.25, -0.2) is 13.6 Å². The minimum atomic E-state index is -4.46. The van der Waals surface area contributed by atoms with E-state index in [9.17, 15) is 42.1 Å². The SMILES string of the molecule is O=C(O)c1cc(S(=O)(=O)Oc2ccc([C@@H]3[C@@H](CC[C@H](O)c4ccc(F)cc4)C(=O)N3c3ccc(F)cc3)cc2)ccc1O. The van der Waals surface area contributed by atoms with Gasteiger partial charge in [-0.15, -0.1) is 0 Å². The van der Waals surface area contributed by atoms with Gasteiger partial charge in [0.15, 0.2) is 0 Å². The van der Waals surface area contributed by atoms with E-state index >= 15 is 0 Å². The maximum Gasteiger partial charge on any atom is 0.339 e. The Bertz CT molecular complexity index is 1760. The smallest absolute Gasteiger partial charge is 0.339 e. The highest BCUT2D eigenvalue weighted by atomic mass is 32.2. The lowest BCUT2D eigenvalue weighted by Gasteiger charge is -2.48. The number of phenols is 1. The number of carbonyl (C=O) groups is 2. The van der Waals surface area contributed by atoms with Crippen molar-refractivity contribution in [3.8, 4) is 11.5 Å². The van der Waals surface area contributed by atoms with Crippen LogP contribution in [0.3, 0.4) is 0 Å². The second-order valence-corrected chi connectivity index (χ2v) is 11.5. The van der Waals surface area contributed by atoms with Gasteiger partial charge >= 0.3 is 16.1 Å².